The van der Waals surface area contributed by atoms with Crippen molar-refractivity contribution >= 4 is 0 Å². The molecule has 3 aromatic rings. The molecule has 2 aromatic carbocycles. The van der Waals surface area contributed by atoms with E-state index in [0.717, 1.165) is 12.1 Å². The van der Waals surface area contributed by atoms with Gasteiger partial charge in [0.1, 0.15) is 30.2 Å². The lowest BCUT2D eigenvalue weighted by Crippen LogP contribution is -2.46. The Kier molecular flexibility index (Phi) is 7.39. The van der Waals surface area contributed by atoms with Gasteiger partial charge < -0.3 is 19.3 Å². The Morgan fingerprint density at radius 1 is 1.09 bits per heavy atom. The van der Waals surface area contributed by atoms with Crippen LogP contribution in [0.4, 0.5) is 17.6 Å². The number of aromatic nitrogens is 1. The number of rotatable bonds is 7. The second-order valence-corrected chi connectivity index (χ2v) is 7.75. The van der Waals surface area contributed by atoms with Gasteiger partial charge in [0.05, 0.1) is 13.2 Å². The Balaban J connectivity index is 1.62. The Bertz CT molecular complexity index is 1200. The fourth-order valence-electron chi connectivity index (χ4n) is 3.65. The molecule has 1 unspecified atom stereocenters. The van der Waals surface area contributed by atoms with E-state index in [1.807, 2.05) is 0 Å². The van der Waals surface area contributed by atoms with Gasteiger partial charge in [-0.25, -0.2) is 4.39 Å². The van der Waals surface area contributed by atoms with Gasteiger partial charge in [-0.3, -0.25) is 14.3 Å². The van der Waals surface area contributed by atoms with Crippen LogP contribution in [0.5, 0.6) is 11.5 Å². The van der Waals surface area contributed by atoms with Crippen molar-refractivity contribution < 1.29 is 36.9 Å². The van der Waals surface area contributed by atoms with Crippen LogP contribution < -0.4 is 15.0 Å². The van der Waals surface area contributed by atoms with E-state index < -0.39 is 29.7 Å². The lowest BCUT2D eigenvalue weighted by atomic mass is 10.1. The van der Waals surface area contributed by atoms with Gasteiger partial charge in [0.15, 0.2) is 0 Å². The van der Waals surface area contributed by atoms with Gasteiger partial charge >= 0.3 is 6.36 Å². The Morgan fingerprint density at radius 3 is 2.46 bits per heavy atom. The van der Waals surface area contributed by atoms with Gasteiger partial charge in [-0.05, 0) is 42.0 Å². The zero-order chi connectivity index (χ0) is 25.0. The zero-order valence-corrected chi connectivity index (χ0v) is 18.4. The van der Waals surface area contributed by atoms with Crippen LogP contribution in [0.2, 0.25) is 0 Å². The van der Waals surface area contributed by atoms with E-state index in [1.165, 1.54) is 53.2 Å². The summed E-state index contributed by atoms with van der Waals surface area (Å²) in [6, 6.07) is 11.7. The van der Waals surface area contributed by atoms with Crippen LogP contribution in [0.3, 0.4) is 0 Å². The maximum absolute atomic E-state index is 13.5. The number of benzene rings is 2. The average Bonchev–Trinajstić information content (AvgIpc) is 2.81. The Morgan fingerprint density at radius 2 is 1.80 bits per heavy atom. The molecule has 1 aliphatic heterocycles. The molecular weight excluding hydrogens is 472 g/mol. The molecule has 11 heteroatoms. The van der Waals surface area contributed by atoms with Crippen molar-refractivity contribution in [2.75, 3.05) is 32.9 Å². The molecule has 1 fully saturated rings. The maximum Gasteiger partial charge on any atom is 0.573 e. The highest BCUT2D eigenvalue weighted by Gasteiger charge is 2.31. The summed E-state index contributed by atoms with van der Waals surface area (Å²) < 4.78 is 67.0. The smallest absolute Gasteiger partial charge is 0.491 e. The minimum Gasteiger partial charge on any atom is -0.491 e. The predicted octanol–water partition coefficient (Wildman–Crippen LogP) is 3.57. The van der Waals surface area contributed by atoms with Crippen molar-refractivity contribution in [1.29, 1.82) is 0 Å². The third-order valence-corrected chi connectivity index (χ3v) is 5.37. The summed E-state index contributed by atoms with van der Waals surface area (Å²) in [5.41, 5.74) is 0.860. The van der Waals surface area contributed by atoms with E-state index >= 15 is 0 Å². The first kappa shape index (κ1) is 24.7. The van der Waals surface area contributed by atoms with E-state index in [0.29, 0.717) is 36.5 Å². The van der Waals surface area contributed by atoms with E-state index in [1.54, 1.807) is 4.90 Å². The van der Waals surface area contributed by atoms with Crippen molar-refractivity contribution in [2.45, 2.75) is 12.6 Å². The first-order valence-electron chi connectivity index (χ1n) is 10.7. The van der Waals surface area contributed by atoms with Crippen LogP contribution in [0.1, 0.15) is 0 Å². The third kappa shape index (κ3) is 6.38. The summed E-state index contributed by atoms with van der Waals surface area (Å²) in [4.78, 5) is 14.6. The summed E-state index contributed by atoms with van der Waals surface area (Å²) in [6.45, 7) is 1.77. The first-order valence-corrected chi connectivity index (χ1v) is 10.7. The number of aliphatic hydroxyl groups is 1. The van der Waals surface area contributed by atoms with Crippen LogP contribution in [-0.2, 0) is 4.74 Å². The topological polar surface area (TPSA) is 73.2 Å². The van der Waals surface area contributed by atoms with Crippen molar-refractivity contribution in [3.8, 4) is 28.3 Å². The Hall–Kier alpha value is -3.41. The van der Waals surface area contributed by atoms with Gasteiger partial charge in [-0.2, -0.15) is 0 Å². The summed E-state index contributed by atoms with van der Waals surface area (Å²) in [5, 5.41) is 10.00. The molecule has 1 aromatic heterocycles. The standard InChI is InChI=1S/C24H22F4N2O5/c25-17-3-1-16(2-4-17)20-14-30(18-5-7-19(8-6-18)35-24(26,27)28)22(31)13-21(20)34-12-10-29-9-11-33-15-23(29)32/h1-8,13-14,23,32H,9-12,15H2. The quantitative estimate of drug-likeness (QED) is 0.507. The molecule has 2 heterocycles. The van der Waals surface area contributed by atoms with Crippen molar-refractivity contribution in [3.63, 3.8) is 0 Å². The molecule has 1 saturated heterocycles. The number of pyridine rings is 1. The van der Waals surface area contributed by atoms with E-state index in [-0.39, 0.29) is 19.0 Å². The van der Waals surface area contributed by atoms with Gasteiger partial charge in [-0.15, -0.1) is 13.2 Å². The molecule has 186 valence electrons. The van der Waals surface area contributed by atoms with Crippen LogP contribution in [-0.4, -0.2) is 60.1 Å². The van der Waals surface area contributed by atoms with Gasteiger partial charge in [0.25, 0.3) is 5.56 Å². The number of hydrogen-bond donors (Lipinski definition) is 1. The number of ether oxygens (including phenoxy) is 3. The molecule has 0 radical (unpaired) electrons. The molecule has 1 aliphatic rings. The minimum absolute atomic E-state index is 0.165. The van der Waals surface area contributed by atoms with Gasteiger partial charge in [0.2, 0.25) is 0 Å². The fraction of sp³-hybridized carbons (Fsp3) is 0.292. The fourth-order valence-corrected chi connectivity index (χ4v) is 3.65. The molecule has 0 saturated carbocycles. The third-order valence-electron chi connectivity index (χ3n) is 5.37. The van der Waals surface area contributed by atoms with E-state index in [2.05, 4.69) is 4.74 Å². The normalized spacial score (nSPS) is 16.8. The Labute approximate surface area is 197 Å². The van der Waals surface area contributed by atoms with Gasteiger partial charge in [0, 0.05) is 36.6 Å². The first-order chi connectivity index (χ1) is 16.7. The highest BCUT2D eigenvalue weighted by Crippen LogP contribution is 2.30. The molecule has 1 N–H and O–H groups in total. The zero-order valence-electron chi connectivity index (χ0n) is 18.4. The largest absolute Gasteiger partial charge is 0.573 e. The molecule has 35 heavy (non-hydrogen) atoms. The molecule has 0 spiro atoms. The van der Waals surface area contributed by atoms with Gasteiger partial charge in [-0.1, -0.05) is 12.1 Å². The number of aliphatic hydroxyl groups excluding tert-OH is 1. The molecule has 7 nitrogen and oxygen atoms in total. The SMILES string of the molecule is O=c1cc(OCCN2CCOCC2O)c(-c2ccc(F)cc2)cn1-c1ccc(OC(F)(F)F)cc1. The second kappa shape index (κ2) is 10.5. The molecule has 0 bridgehead atoms. The maximum atomic E-state index is 13.5. The summed E-state index contributed by atoms with van der Waals surface area (Å²) in [5.74, 6) is -0.609. The van der Waals surface area contributed by atoms with Crippen molar-refractivity contribution in [3.05, 3.63) is 77.0 Å². The van der Waals surface area contributed by atoms with Crippen LogP contribution in [0, 0.1) is 5.82 Å². The van der Waals surface area contributed by atoms with Crippen molar-refractivity contribution in [1.82, 2.24) is 9.47 Å². The van der Waals surface area contributed by atoms with Crippen LogP contribution in [0.25, 0.3) is 16.8 Å². The number of hydrogen-bond acceptors (Lipinski definition) is 6. The molecule has 0 amide bonds. The predicted molar refractivity (Wildman–Crippen MR) is 118 cm³/mol. The lowest BCUT2D eigenvalue weighted by Gasteiger charge is -2.31. The average molecular weight is 494 g/mol. The van der Waals surface area contributed by atoms with E-state index in [4.69, 9.17) is 9.47 Å². The van der Waals surface area contributed by atoms with Crippen LogP contribution in [0.15, 0.2) is 65.6 Å². The van der Waals surface area contributed by atoms with Crippen LogP contribution >= 0.6 is 0 Å². The molecular formula is C24H22F4N2O5. The number of halogens is 4. The highest BCUT2D eigenvalue weighted by molar-refractivity contribution is 5.70. The lowest BCUT2D eigenvalue weighted by molar-refractivity contribution is -0.274. The molecule has 1 atom stereocenters. The number of nitrogens with zero attached hydrogens (tertiary/aromatic N) is 2. The molecule has 0 aliphatic carbocycles. The number of morpholine rings is 1. The number of alkyl halides is 3. The monoisotopic (exact) mass is 494 g/mol. The summed E-state index contributed by atoms with van der Waals surface area (Å²) in [6.07, 6.45) is -4.10. The molecule has 4 rings (SSSR count). The van der Waals surface area contributed by atoms with Crippen molar-refractivity contribution in [2.24, 2.45) is 0 Å². The van der Waals surface area contributed by atoms with E-state index in [9.17, 15) is 27.5 Å². The summed E-state index contributed by atoms with van der Waals surface area (Å²) in [7, 11) is 0. The highest BCUT2D eigenvalue weighted by atomic mass is 19.4. The summed E-state index contributed by atoms with van der Waals surface area (Å²) >= 11 is 0. The second-order valence-electron chi connectivity index (χ2n) is 7.75. The minimum atomic E-state index is -4.83.